The second-order valence-electron chi connectivity index (χ2n) is 5.78. The molecule has 1 saturated heterocycles. The average Bonchev–Trinajstić information content (AvgIpc) is 3.41. The number of hydrogen-bond acceptors (Lipinski definition) is 8. The van der Waals surface area contributed by atoms with E-state index >= 15 is 0 Å². The normalized spacial score (nSPS) is 14.5. The molecular weight excluding hydrogens is 354 g/mol. The van der Waals surface area contributed by atoms with E-state index in [1.165, 1.54) is 17.6 Å². The lowest BCUT2D eigenvalue weighted by atomic mass is 10.3. The van der Waals surface area contributed by atoms with E-state index in [0.717, 1.165) is 5.01 Å². The first kappa shape index (κ1) is 16.4. The van der Waals surface area contributed by atoms with Gasteiger partial charge in [0.05, 0.1) is 17.5 Å². The molecule has 3 aromatic rings. The quantitative estimate of drug-likeness (QED) is 0.699. The first-order chi connectivity index (χ1) is 12.7. The fourth-order valence-corrected chi connectivity index (χ4v) is 3.58. The number of furan rings is 1. The van der Waals surface area contributed by atoms with E-state index in [4.69, 9.17) is 8.83 Å². The molecule has 1 aliphatic rings. The molecule has 0 N–H and O–H groups in total. The summed E-state index contributed by atoms with van der Waals surface area (Å²) in [5.74, 6) is 1.16. The van der Waals surface area contributed by atoms with Gasteiger partial charge >= 0.3 is 0 Å². The van der Waals surface area contributed by atoms with Gasteiger partial charge in [-0.15, -0.1) is 11.3 Å². The third kappa shape index (κ3) is 2.95. The summed E-state index contributed by atoms with van der Waals surface area (Å²) in [5.41, 5.74) is 0.217. The van der Waals surface area contributed by atoms with E-state index in [1.54, 1.807) is 23.2 Å². The van der Waals surface area contributed by atoms with Crippen LogP contribution >= 0.6 is 11.3 Å². The van der Waals surface area contributed by atoms with Gasteiger partial charge in [0.25, 0.3) is 11.8 Å². The SMILES string of the molecule is Cc1ncc(C(=O)N2CCN(c3oc(-c4ccco4)nc3C#N)CC2)s1. The number of aryl methyl sites for hydroxylation is 1. The number of rotatable bonds is 3. The Morgan fingerprint density at radius 1 is 1.35 bits per heavy atom. The number of carbonyl (C=O) groups excluding carboxylic acids is 1. The van der Waals surface area contributed by atoms with E-state index in [9.17, 15) is 10.1 Å². The van der Waals surface area contributed by atoms with E-state index in [1.807, 2.05) is 11.8 Å². The number of nitriles is 1. The van der Waals surface area contributed by atoms with Gasteiger partial charge in [-0.25, -0.2) is 4.98 Å². The highest BCUT2D eigenvalue weighted by molar-refractivity contribution is 7.13. The number of carbonyl (C=O) groups is 1. The molecule has 132 valence electrons. The molecule has 26 heavy (non-hydrogen) atoms. The molecule has 0 spiro atoms. The van der Waals surface area contributed by atoms with Gasteiger partial charge in [0.15, 0.2) is 5.76 Å². The summed E-state index contributed by atoms with van der Waals surface area (Å²) in [6.45, 7) is 4.08. The fraction of sp³-hybridized carbons (Fsp3) is 0.294. The van der Waals surface area contributed by atoms with Crippen LogP contribution in [0.15, 0.2) is 33.4 Å². The predicted octanol–water partition coefficient (Wildman–Crippen LogP) is 2.53. The molecule has 0 unspecified atom stereocenters. The zero-order valence-corrected chi connectivity index (χ0v) is 14.8. The van der Waals surface area contributed by atoms with E-state index < -0.39 is 0 Å². The van der Waals surface area contributed by atoms with Gasteiger partial charge in [0.1, 0.15) is 10.9 Å². The summed E-state index contributed by atoms with van der Waals surface area (Å²) in [6.07, 6.45) is 3.14. The van der Waals surface area contributed by atoms with Crippen LogP contribution in [0, 0.1) is 18.3 Å². The van der Waals surface area contributed by atoms with Crippen LogP contribution in [0.3, 0.4) is 0 Å². The molecule has 4 rings (SSSR count). The van der Waals surface area contributed by atoms with Crippen LogP contribution in [0.25, 0.3) is 11.7 Å². The summed E-state index contributed by atoms with van der Waals surface area (Å²) in [4.78, 5) is 25.2. The smallest absolute Gasteiger partial charge is 0.266 e. The minimum atomic E-state index is -0.00963. The van der Waals surface area contributed by atoms with E-state index in [-0.39, 0.29) is 17.5 Å². The standard InChI is InChI=1S/C17H15N5O3S/c1-11-19-10-14(26-11)16(23)21-4-6-22(7-5-21)17-12(9-18)20-15(25-17)13-3-2-8-24-13/h2-3,8,10H,4-7H2,1H3. The van der Waals surface area contributed by atoms with Crippen LogP contribution in [-0.4, -0.2) is 47.0 Å². The van der Waals surface area contributed by atoms with Crippen molar-refractivity contribution in [3.63, 3.8) is 0 Å². The molecule has 1 amide bonds. The molecule has 0 aliphatic carbocycles. The number of nitrogens with zero attached hydrogens (tertiary/aromatic N) is 5. The van der Waals surface area contributed by atoms with Crippen molar-refractivity contribution in [3.8, 4) is 17.7 Å². The van der Waals surface area contributed by atoms with Crippen molar-refractivity contribution in [1.82, 2.24) is 14.9 Å². The Morgan fingerprint density at radius 3 is 2.77 bits per heavy atom. The van der Waals surface area contributed by atoms with E-state index in [0.29, 0.717) is 42.7 Å². The summed E-state index contributed by atoms with van der Waals surface area (Å²) < 4.78 is 11.0. The Labute approximate surface area is 153 Å². The molecule has 0 bridgehead atoms. The summed E-state index contributed by atoms with van der Waals surface area (Å²) in [5, 5.41) is 10.2. The van der Waals surface area contributed by atoms with Crippen LogP contribution in [0.2, 0.25) is 0 Å². The van der Waals surface area contributed by atoms with Gasteiger partial charge in [0.2, 0.25) is 11.6 Å². The lowest BCUT2D eigenvalue weighted by Crippen LogP contribution is -2.48. The largest absolute Gasteiger partial charge is 0.459 e. The number of oxazole rings is 1. The van der Waals surface area contributed by atoms with Crippen LogP contribution in [-0.2, 0) is 0 Å². The Kier molecular flexibility index (Phi) is 4.18. The zero-order chi connectivity index (χ0) is 18.1. The number of amides is 1. The fourth-order valence-electron chi connectivity index (χ4n) is 2.83. The van der Waals surface area contributed by atoms with Crippen molar-refractivity contribution in [2.45, 2.75) is 6.92 Å². The molecule has 3 aromatic heterocycles. The van der Waals surface area contributed by atoms with Gasteiger partial charge in [-0.1, -0.05) is 0 Å². The molecule has 0 aromatic carbocycles. The first-order valence-corrected chi connectivity index (χ1v) is 8.89. The number of thiazole rings is 1. The first-order valence-electron chi connectivity index (χ1n) is 8.07. The van der Waals surface area contributed by atoms with Crippen molar-refractivity contribution in [3.05, 3.63) is 40.2 Å². The molecule has 0 atom stereocenters. The number of hydrogen-bond donors (Lipinski definition) is 0. The Bertz CT molecular complexity index is 961. The Hall–Kier alpha value is -3.12. The maximum Gasteiger partial charge on any atom is 0.266 e. The lowest BCUT2D eigenvalue weighted by Gasteiger charge is -2.34. The van der Waals surface area contributed by atoms with Crippen molar-refractivity contribution in [2.24, 2.45) is 0 Å². The molecule has 8 nitrogen and oxygen atoms in total. The molecule has 0 saturated carbocycles. The monoisotopic (exact) mass is 369 g/mol. The molecule has 0 radical (unpaired) electrons. The van der Waals surface area contributed by atoms with Gasteiger partial charge in [-0.05, 0) is 19.1 Å². The van der Waals surface area contributed by atoms with Crippen molar-refractivity contribution in [2.75, 3.05) is 31.1 Å². The van der Waals surface area contributed by atoms with E-state index in [2.05, 4.69) is 16.0 Å². The van der Waals surface area contributed by atoms with Crippen molar-refractivity contribution >= 4 is 23.1 Å². The molecular formula is C17H15N5O3S. The van der Waals surface area contributed by atoms with Crippen LogP contribution in [0.1, 0.15) is 20.4 Å². The number of aromatic nitrogens is 2. The van der Waals surface area contributed by atoms with Gasteiger partial charge in [-0.3, -0.25) is 4.79 Å². The summed E-state index contributed by atoms with van der Waals surface area (Å²) >= 11 is 1.40. The van der Waals surface area contributed by atoms with Crippen molar-refractivity contribution in [1.29, 1.82) is 5.26 Å². The van der Waals surface area contributed by atoms with Crippen LogP contribution in [0.4, 0.5) is 5.88 Å². The van der Waals surface area contributed by atoms with Gasteiger partial charge in [0, 0.05) is 26.2 Å². The lowest BCUT2D eigenvalue weighted by molar-refractivity contribution is 0.0750. The maximum atomic E-state index is 12.5. The second kappa shape index (κ2) is 6.65. The molecule has 1 fully saturated rings. The number of anilines is 1. The average molecular weight is 369 g/mol. The van der Waals surface area contributed by atoms with Crippen molar-refractivity contribution < 1.29 is 13.6 Å². The van der Waals surface area contributed by atoms with Gasteiger partial charge < -0.3 is 18.6 Å². The maximum absolute atomic E-state index is 12.5. The molecule has 9 heteroatoms. The third-order valence-corrected chi connectivity index (χ3v) is 5.03. The highest BCUT2D eigenvalue weighted by Gasteiger charge is 2.28. The predicted molar refractivity (Wildman–Crippen MR) is 93.9 cm³/mol. The Balaban J connectivity index is 1.48. The Morgan fingerprint density at radius 2 is 2.15 bits per heavy atom. The van der Waals surface area contributed by atoms with Gasteiger partial charge in [-0.2, -0.15) is 10.2 Å². The minimum absolute atomic E-state index is 0.00963. The highest BCUT2D eigenvalue weighted by atomic mass is 32.1. The second-order valence-corrected chi connectivity index (χ2v) is 7.02. The van der Waals surface area contributed by atoms with Crippen LogP contribution < -0.4 is 4.90 Å². The van der Waals surface area contributed by atoms with Crippen LogP contribution in [0.5, 0.6) is 0 Å². The third-order valence-electron chi connectivity index (χ3n) is 4.13. The molecule has 4 heterocycles. The molecule has 1 aliphatic heterocycles. The highest BCUT2D eigenvalue weighted by Crippen LogP contribution is 2.29. The topological polar surface area (TPSA) is 99.4 Å². The summed E-state index contributed by atoms with van der Waals surface area (Å²) in [6, 6.07) is 5.52. The summed E-state index contributed by atoms with van der Waals surface area (Å²) in [7, 11) is 0. The minimum Gasteiger partial charge on any atom is -0.459 e. The number of piperazine rings is 1. The zero-order valence-electron chi connectivity index (χ0n) is 14.0.